The van der Waals surface area contributed by atoms with Crippen LogP contribution in [0.3, 0.4) is 0 Å². The summed E-state index contributed by atoms with van der Waals surface area (Å²) in [6.45, 7) is 2.54. The summed E-state index contributed by atoms with van der Waals surface area (Å²) in [5.41, 5.74) is 1.00. The number of para-hydroxylation sites is 1. The van der Waals surface area contributed by atoms with E-state index in [0.29, 0.717) is 5.88 Å². The number of pyridine rings is 1. The standard InChI is InChI=1S/C21H23N5O2/c27-14-16-5-3-11-26(16)20-21(23-10-9-22-20)28-17-12-25(13-17)19-8-7-15-4-1-2-6-18(15)24-19/h1-2,4,6-10,16-17,27H,3,5,11-14H2. The Labute approximate surface area is 163 Å². The molecule has 7 nitrogen and oxygen atoms in total. The van der Waals surface area contributed by atoms with E-state index in [1.165, 1.54) is 0 Å². The molecular weight excluding hydrogens is 354 g/mol. The first kappa shape index (κ1) is 17.2. The van der Waals surface area contributed by atoms with Crippen molar-refractivity contribution in [2.45, 2.75) is 25.0 Å². The third-order valence-electron chi connectivity index (χ3n) is 5.54. The smallest absolute Gasteiger partial charge is 0.258 e. The van der Waals surface area contributed by atoms with E-state index in [4.69, 9.17) is 9.72 Å². The Morgan fingerprint density at radius 1 is 1.07 bits per heavy atom. The number of anilines is 2. The van der Waals surface area contributed by atoms with Gasteiger partial charge in [0.25, 0.3) is 5.88 Å². The lowest BCUT2D eigenvalue weighted by atomic mass is 10.1. The van der Waals surface area contributed by atoms with Gasteiger partial charge in [-0.25, -0.2) is 15.0 Å². The molecule has 2 fully saturated rings. The molecule has 0 saturated carbocycles. The lowest BCUT2D eigenvalue weighted by Gasteiger charge is -2.40. The Bertz CT molecular complexity index is 976. The number of aliphatic hydroxyl groups is 1. The molecule has 2 aliphatic rings. The van der Waals surface area contributed by atoms with E-state index in [1.807, 2.05) is 18.2 Å². The van der Waals surface area contributed by atoms with Gasteiger partial charge in [-0.2, -0.15) is 0 Å². The highest BCUT2D eigenvalue weighted by molar-refractivity contribution is 5.80. The van der Waals surface area contributed by atoms with Crippen LogP contribution in [0.5, 0.6) is 5.88 Å². The van der Waals surface area contributed by atoms with Gasteiger partial charge in [-0.3, -0.25) is 0 Å². The number of nitrogens with zero attached hydrogens (tertiary/aromatic N) is 5. The van der Waals surface area contributed by atoms with E-state index in [9.17, 15) is 5.11 Å². The summed E-state index contributed by atoms with van der Waals surface area (Å²) in [7, 11) is 0. The fourth-order valence-corrected chi connectivity index (χ4v) is 3.99. The monoisotopic (exact) mass is 377 g/mol. The van der Waals surface area contributed by atoms with Crippen LogP contribution < -0.4 is 14.5 Å². The summed E-state index contributed by atoms with van der Waals surface area (Å²) in [4.78, 5) is 18.0. The van der Waals surface area contributed by atoms with Crippen molar-refractivity contribution in [3.8, 4) is 5.88 Å². The van der Waals surface area contributed by atoms with Crippen molar-refractivity contribution < 1.29 is 9.84 Å². The van der Waals surface area contributed by atoms with Gasteiger partial charge in [-0.05, 0) is 31.0 Å². The van der Waals surface area contributed by atoms with Crippen LogP contribution in [0.15, 0.2) is 48.8 Å². The minimum absolute atomic E-state index is 0.0545. The molecule has 3 aromatic rings. The fourth-order valence-electron chi connectivity index (χ4n) is 3.99. The number of aromatic nitrogens is 3. The van der Waals surface area contributed by atoms with E-state index in [0.717, 1.165) is 55.0 Å². The second kappa shape index (κ2) is 7.24. The molecule has 2 aliphatic heterocycles. The van der Waals surface area contributed by atoms with Crippen LogP contribution in [0.25, 0.3) is 10.9 Å². The fraction of sp³-hybridized carbons (Fsp3) is 0.381. The summed E-state index contributed by atoms with van der Waals surface area (Å²) in [5, 5.41) is 10.8. The SMILES string of the molecule is OCC1CCCN1c1nccnc1OC1CN(c2ccc3ccccc3n2)C1. The lowest BCUT2D eigenvalue weighted by Crippen LogP contribution is -2.54. The highest BCUT2D eigenvalue weighted by Crippen LogP contribution is 2.32. The largest absolute Gasteiger partial charge is 0.468 e. The highest BCUT2D eigenvalue weighted by atomic mass is 16.5. The molecule has 0 aliphatic carbocycles. The third-order valence-corrected chi connectivity index (χ3v) is 5.54. The molecule has 4 heterocycles. The molecular formula is C21H23N5O2. The van der Waals surface area contributed by atoms with E-state index in [2.05, 4.69) is 38.0 Å². The lowest BCUT2D eigenvalue weighted by molar-refractivity contribution is 0.159. The third kappa shape index (κ3) is 3.11. The van der Waals surface area contributed by atoms with Gasteiger partial charge in [0.05, 0.1) is 31.3 Å². The minimum atomic E-state index is 0.0545. The first-order chi connectivity index (χ1) is 13.8. The zero-order valence-electron chi connectivity index (χ0n) is 15.6. The number of hydrogen-bond acceptors (Lipinski definition) is 7. The Hall–Kier alpha value is -2.93. The second-order valence-corrected chi connectivity index (χ2v) is 7.36. The molecule has 5 rings (SSSR count). The summed E-state index contributed by atoms with van der Waals surface area (Å²) in [6, 6.07) is 12.4. The molecule has 0 bridgehead atoms. The van der Waals surface area contributed by atoms with Crippen molar-refractivity contribution in [3.05, 3.63) is 48.8 Å². The number of hydrogen-bond donors (Lipinski definition) is 1. The van der Waals surface area contributed by atoms with Crippen LogP contribution in [-0.2, 0) is 0 Å². The quantitative estimate of drug-likeness (QED) is 0.731. The maximum absolute atomic E-state index is 9.62. The first-order valence-electron chi connectivity index (χ1n) is 9.78. The number of benzene rings is 1. The van der Waals surface area contributed by atoms with Crippen LogP contribution in [-0.4, -0.2) is 58.4 Å². The Morgan fingerprint density at radius 3 is 2.82 bits per heavy atom. The highest BCUT2D eigenvalue weighted by Gasteiger charge is 2.33. The average Bonchev–Trinajstić information content (AvgIpc) is 3.19. The number of fused-ring (bicyclic) bond motifs is 1. The molecule has 144 valence electrons. The van der Waals surface area contributed by atoms with Gasteiger partial charge in [-0.1, -0.05) is 18.2 Å². The van der Waals surface area contributed by atoms with Crippen LogP contribution in [0, 0.1) is 0 Å². The maximum atomic E-state index is 9.62. The molecule has 7 heteroatoms. The Balaban J connectivity index is 1.27. The number of ether oxygens (including phenoxy) is 1. The van der Waals surface area contributed by atoms with E-state index < -0.39 is 0 Å². The van der Waals surface area contributed by atoms with Gasteiger partial charge in [-0.15, -0.1) is 0 Å². The molecule has 28 heavy (non-hydrogen) atoms. The molecule has 0 amide bonds. The summed E-state index contributed by atoms with van der Waals surface area (Å²) >= 11 is 0. The first-order valence-corrected chi connectivity index (χ1v) is 9.78. The molecule has 1 N–H and O–H groups in total. The summed E-state index contributed by atoms with van der Waals surface area (Å²) in [5.74, 6) is 2.26. The molecule has 0 spiro atoms. The van der Waals surface area contributed by atoms with Crippen LogP contribution in [0.2, 0.25) is 0 Å². The minimum Gasteiger partial charge on any atom is -0.468 e. The molecule has 2 saturated heterocycles. The van der Waals surface area contributed by atoms with Crippen molar-refractivity contribution in [1.29, 1.82) is 0 Å². The number of rotatable bonds is 5. The van der Waals surface area contributed by atoms with Crippen molar-refractivity contribution >= 4 is 22.5 Å². The van der Waals surface area contributed by atoms with Gasteiger partial charge in [0.1, 0.15) is 11.9 Å². The molecule has 2 aromatic heterocycles. The van der Waals surface area contributed by atoms with Crippen molar-refractivity contribution in [3.63, 3.8) is 0 Å². The predicted molar refractivity (Wildman–Crippen MR) is 108 cm³/mol. The van der Waals surface area contributed by atoms with E-state index >= 15 is 0 Å². The van der Waals surface area contributed by atoms with Crippen molar-refractivity contribution in [1.82, 2.24) is 15.0 Å². The van der Waals surface area contributed by atoms with Crippen molar-refractivity contribution in [2.75, 3.05) is 36.0 Å². The number of aliphatic hydroxyl groups excluding tert-OH is 1. The van der Waals surface area contributed by atoms with Gasteiger partial charge >= 0.3 is 0 Å². The van der Waals surface area contributed by atoms with Gasteiger partial charge in [0.15, 0.2) is 5.82 Å². The maximum Gasteiger partial charge on any atom is 0.258 e. The molecule has 0 radical (unpaired) electrons. The molecule has 1 aromatic carbocycles. The molecule has 1 unspecified atom stereocenters. The van der Waals surface area contributed by atoms with Crippen LogP contribution in [0.1, 0.15) is 12.8 Å². The van der Waals surface area contributed by atoms with Crippen molar-refractivity contribution in [2.24, 2.45) is 0 Å². The average molecular weight is 377 g/mol. The van der Waals surface area contributed by atoms with Crippen LogP contribution in [0.4, 0.5) is 11.6 Å². The predicted octanol–water partition coefficient (Wildman–Crippen LogP) is 2.25. The van der Waals surface area contributed by atoms with Gasteiger partial charge < -0.3 is 19.6 Å². The normalized spacial score (nSPS) is 19.8. The Kier molecular flexibility index (Phi) is 4.44. The van der Waals surface area contributed by atoms with Gasteiger partial charge in [0, 0.05) is 24.3 Å². The van der Waals surface area contributed by atoms with Crippen LogP contribution >= 0.6 is 0 Å². The Morgan fingerprint density at radius 2 is 1.93 bits per heavy atom. The summed E-state index contributed by atoms with van der Waals surface area (Å²) < 4.78 is 6.16. The van der Waals surface area contributed by atoms with E-state index in [-0.39, 0.29) is 18.8 Å². The topological polar surface area (TPSA) is 74.6 Å². The second-order valence-electron chi connectivity index (χ2n) is 7.36. The zero-order valence-corrected chi connectivity index (χ0v) is 15.6. The van der Waals surface area contributed by atoms with Gasteiger partial charge in [0.2, 0.25) is 0 Å². The summed E-state index contributed by atoms with van der Waals surface area (Å²) in [6.07, 6.45) is 5.41. The molecule has 1 atom stereocenters. The van der Waals surface area contributed by atoms with E-state index in [1.54, 1.807) is 12.4 Å². The zero-order chi connectivity index (χ0) is 18.9.